The van der Waals surface area contributed by atoms with Crippen molar-refractivity contribution in [2.24, 2.45) is 5.92 Å². The quantitative estimate of drug-likeness (QED) is 0.505. The first kappa shape index (κ1) is 8.48. The van der Waals surface area contributed by atoms with Gasteiger partial charge in [0.25, 0.3) is 0 Å². The minimum absolute atomic E-state index is 0.595. The number of hydrogen-bond donors (Lipinski definition) is 0. The molecule has 0 heterocycles. The van der Waals surface area contributed by atoms with E-state index in [9.17, 15) is 0 Å². The third kappa shape index (κ3) is 4.01. The van der Waals surface area contributed by atoms with Crippen molar-refractivity contribution in [3.05, 3.63) is 24.8 Å². The first-order chi connectivity index (χ1) is 4.20. The van der Waals surface area contributed by atoms with Crippen molar-refractivity contribution in [2.75, 3.05) is 0 Å². The van der Waals surface area contributed by atoms with Gasteiger partial charge in [-0.3, -0.25) is 0 Å². The molecule has 1 unspecified atom stereocenters. The lowest BCUT2D eigenvalue weighted by molar-refractivity contribution is 0.703. The van der Waals surface area contributed by atoms with Crippen molar-refractivity contribution in [3.63, 3.8) is 0 Å². The molecular weight excluding hydrogens is 108 g/mol. The largest absolute Gasteiger partial charge is 0.103 e. The highest BCUT2D eigenvalue weighted by atomic mass is 14.0. The second-order valence-electron chi connectivity index (χ2n) is 2.52. The zero-order valence-electron chi connectivity index (χ0n) is 6.48. The van der Waals surface area contributed by atoms with E-state index in [1.165, 1.54) is 5.57 Å². The third-order valence-corrected chi connectivity index (χ3v) is 1.51. The van der Waals surface area contributed by atoms with Crippen LogP contribution in [0.5, 0.6) is 0 Å². The van der Waals surface area contributed by atoms with Crippen LogP contribution in [0, 0.1) is 5.92 Å². The molecule has 0 aromatic heterocycles. The molecule has 0 fully saturated rings. The first-order valence-corrected chi connectivity index (χ1v) is 3.49. The van der Waals surface area contributed by atoms with Crippen molar-refractivity contribution in [3.8, 4) is 0 Å². The number of rotatable bonds is 4. The second kappa shape index (κ2) is 4.37. The van der Waals surface area contributed by atoms with Gasteiger partial charge >= 0.3 is 0 Å². The molecule has 0 rings (SSSR count). The predicted octanol–water partition coefficient (Wildman–Crippen LogP) is 3.16. The SMILES string of the molecule is C=CC(C)CC(=C)CC. The van der Waals surface area contributed by atoms with E-state index < -0.39 is 0 Å². The summed E-state index contributed by atoms with van der Waals surface area (Å²) in [6.45, 7) is 11.9. The van der Waals surface area contributed by atoms with E-state index in [1.54, 1.807) is 0 Å². The highest BCUT2D eigenvalue weighted by molar-refractivity contribution is 4.96. The van der Waals surface area contributed by atoms with Gasteiger partial charge in [-0.25, -0.2) is 0 Å². The van der Waals surface area contributed by atoms with Crippen molar-refractivity contribution < 1.29 is 0 Å². The Kier molecular flexibility index (Phi) is 4.12. The smallest absolute Gasteiger partial charge is 0.0227 e. The minimum Gasteiger partial charge on any atom is -0.103 e. The molecule has 0 aliphatic heterocycles. The molecule has 0 aromatic rings. The maximum atomic E-state index is 3.91. The average molecular weight is 124 g/mol. The van der Waals surface area contributed by atoms with Crippen LogP contribution >= 0.6 is 0 Å². The van der Waals surface area contributed by atoms with Gasteiger partial charge in [0, 0.05) is 0 Å². The Morgan fingerprint density at radius 1 is 1.67 bits per heavy atom. The van der Waals surface area contributed by atoms with Gasteiger partial charge in [-0.1, -0.05) is 32.1 Å². The molecule has 52 valence electrons. The van der Waals surface area contributed by atoms with E-state index in [4.69, 9.17) is 0 Å². The normalized spacial score (nSPS) is 12.7. The van der Waals surface area contributed by atoms with E-state index in [-0.39, 0.29) is 0 Å². The molecule has 0 saturated carbocycles. The van der Waals surface area contributed by atoms with Crippen LogP contribution in [0.3, 0.4) is 0 Å². The maximum Gasteiger partial charge on any atom is -0.0227 e. The monoisotopic (exact) mass is 124 g/mol. The van der Waals surface area contributed by atoms with Gasteiger partial charge < -0.3 is 0 Å². The van der Waals surface area contributed by atoms with Crippen LogP contribution in [0.25, 0.3) is 0 Å². The van der Waals surface area contributed by atoms with Crippen molar-refractivity contribution >= 4 is 0 Å². The van der Waals surface area contributed by atoms with E-state index in [0.29, 0.717) is 5.92 Å². The van der Waals surface area contributed by atoms with Crippen LogP contribution in [-0.4, -0.2) is 0 Å². The van der Waals surface area contributed by atoms with Crippen molar-refractivity contribution in [1.82, 2.24) is 0 Å². The van der Waals surface area contributed by atoms with Gasteiger partial charge in [-0.15, -0.1) is 6.58 Å². The van der Waals surface area contributed by atoms with Crippen LogP contribution in [0.4, 0.5) is 0 Å². The molecule has 1 atom stereocenters. The molecule has 0 N–H and O–H groups in total. The fourth-order valence-electron chi connectivity index (χ4n) is 0.683. The van der Waals surface area contributed by atoms with Crippen LogP contribution in [0.2, 0.25) is 0 Å². The van der Waals surface area contributed by atoms with E-state index in [1.807, 2.05) is 6.08 Å². The summed E-state index contributed by atoms with van der Waals surface area (Å²) in [6, 6.07) is 0. The van der Waals surface area contributed by atoms with E-state index >= 15 is 0 Å². The molecule has 0 aromatic carbocycles. The van der Waals surface area contributed by atoms with Gasteiger partial charge in [-0.05, 0) is 18.8 Å². The number of hydrogen-bond acceptors (Lipinski definition) is 0. The lowest BCUT2D eigenvalue weighted by Gasteiger charge is -2.05. The van der Waals surface area contributed by atoms with Crippen molar-refractivity contribution in [1.29, 1.82) is 0 Å². The summed E-state index contributed by atoms with van der Waals surface area (Å²) in [5.41, 5.74) is 1.32. The fourth-order valence-corrected chi connectivity index (χ4v) is 0.683. The highest BCUT2D eigenvalue weighted by Crippen LogP contribution is 2.12. The molecule has 0 saturated heterocycles. The van der Waals surface area contributed by atoms with Crippen LogP contribution in [0.15, 0.2) is 24.8 Å². The minimum atomic E-state index is 0.595. The lowest BCUT2D eigenvalue weighted by atomic mass is 10.0. The third-order valence-electron chi connectivity index (χ3n) is 1.51. The summed E-state index contributed by atoms with van der Waals surface area (Å²) < 4.78 is 0. The predicted molar refractivity (Wildman–Crippen MR) is 43.4 cm³/mol. The average Bonchev–Trinajstić information content (AvgIpc) is 1.87. The Labute approximate surface area is 58.3 Å². The second-order valence-corrected chi connectivity index (χ2v) is 2.52. The summed E-state index contributed by atoms with van der Waals surface area (Å²) >= 11 is 0. The van der Waals surface area contributed by atoms with E-state index in [2.05, 4.69) is 27.0 Å². The van der Waals surface area contributed by atoms with Gasteiger partial charge in [0.15, 0.2) is 0 Å². The summed E-state index contributed by atoms with van der Waals surface area (Å²) in [5.74, 6) is 0.595. The van der Waals surface area contributed by atoms with Crippen LogP contribution in [-0.2, 0) is 0 Å². The fraction of sp³-hybridized carbons (Fsp3) is 0.556. The Morgan fingerprint density at radius 2 is 2.22 bits per heavy atom. The zero-order valence-corrected chi connectivity index (χ0v) is 6.48. The Morgan fingerprint density at radius 3 is 2.56 bits per heavy atom. The summed E-state index contributed by atoms with van der Waals surface area (Å²) in [4.78, 5) is 0. The van der Waals surface area contributed by atoms with Gasteiger partial charge in [0.2, 0.25) is 0 Å². The molecule has 0 spiro atoms. The summed E-state index contributed by atoms with van der Waals surface area (Å²) in [5, 5.41) is 0. The molecule has 0 heteroatoms. The summed E-state index contributed by atoms with van der Waals surface area (Å²) in [7, 11) is 0. The van der Waals surface area contributed by atoms with E-state index in [0.717, 1.165) is 12.8 Å². The van der Waals surface area contributed by atoms with Crippen molar-refractivity contribution in [2.45, 2.75) is 26.7 Å². The number of allylic oxidation sites excluding steroid dienone is 2. The van der Waals surface area contributed by atoms with Crippen LogP contribution < -0.4 is 0 Å². The Bertz CT molecular complexity index is 101. The molecule has 0 bridgehead atoms. The van der Waals surface area contributed by atoms with Gasteiger partial charge in [0.05, 0.1) is 0 Å². The lowest BCUT2D eigenvalue weighted by Crippen LogP contribution is -1.89. The first-order valence-electron chi connectivity index (χ1n) is 3.49. The molecule has 0 radical (unpaired) electrons. The van der Waals surface area contributed by atoms with Crippen LogP contribution in [0.1, 0.15) is 26.7 Å². The zero-order chi connectivity index (χ0) is 7.28. The Balaban J connectivity index is 3.46. The molecule has 0 aliphatic carbocycles. The standard InChI is InChI=1S/C9H16/c1-5-8(3)7-9(4)6-2/h5,8H,1,4,6-7H2,2-3H3. The van der Waals surface area contributed by atoms with Gasteiger partial charge in [-0.2, -0.15) is 0 Å². The molecule has 9 heavy (non-hydrogen) atoms. The topological polar surface area (TPSA) is 0 Å². The molecule has 0 nitrogen and oxygen atoms in total. The molecule has 0 amide bonds. The summed E-state index contributed by atoms with van der Waals surface area (Å²) in [6.07, 6.45) is 4.17. The van der Waals surface area contributed by atoms with Gasteiger partial charge in [0.1, 0.15) is 0 Å². The molecular formula is C9H16. The molecule has 0 aliphatic rings. The highest BCUT2D eigenvalue weighted by Gasteiger charge is 1.96. The maximum absolute atomic E-state index is 3.91. The Hall–Kier alpha value is -0.520.